The largest absolute Gasteiger partial charge is 0.496 e. The molecule has 0 aromatic heterocycles. The van der Waals surface area contributed by atoms with E-state index in [0.717, 1.165) is 48.8 Å². The molecule has 1 saturated heterocycles. The van der Waals surface area contributed by atoms with Crippen LogP contribution < -0.4 is 15.4 Å². The summed E-state index contributed by atoms with van der Waals surface area (Å²) in [6.07, 6.45) is 1.74. The fraction of sp³-hybridized carbons (Fsp3) is 0.500. The van der Waals surface area contributed by atoms with Crippen LogP contribution in [0.5, 0.6) is 5.75 Å². The molecular weight excluding hydrogens is 264 g/mol. The number of ether oxygens (including phenoxy) is 1. The molecule has 1 amide bonds. The Hall–Kier alpha value is -1.26. The summed E-state index contributed by atoms with van der Waals surface area (Å²) in [4.78, 5) is 12.6. The van der Waals surface area contributed by atoms with E-state index in [-0.39, 0.29) is 11.8 Å². The minimum atomic E-state index is -0.167. The number of rotatable bonds is 4. The topological polar surface area (TPSA) is 56.8 Å². The summed E-state index contributed by atoms with van der Waals surface area (Å²) in [5.74, 6) is 0.748. The quantitative estimate of drug-likeness (QED) is 0.852. The van der Waals surface area contributed by atoms with Crippen LogP contribution >= 0.6 is 11.6 Å². The van der Waals surface area contributed by atoms with E-state index in [1.807, 2.05) is 18.2 Å². The molecule has 0 aliphatic carbocycles. The molecule has 19 heavy (non-hydrogen) atoms. The smallest absolute Gasteiger partial charge is 0.220 e. The van der Waals surface area contributed by atoms with Gasteiger partial charge in [0.15, 0.2) is 0 Å². The van der Waals surface area contributed by atoms with Gasteiger partial charge in [-0.3, -0.25) is 4.79 Å². The number of nitrogens with two attached hydrogens (primary N) is 1. The third-order valence-corrected chi connectivity index (χ3v) is 4.01. The van der Waals surface area contributed by atoms with Crippen LogP contribution in [0.2, 0.25) is 5.02 Å². The van der Waals surface area contributed by atoms with Crippen molar-refractivity contribution >= 4 is 17.5 Å². The zero-order chi connectivity index (χ0) is 13.8. The van der Waals surface area contributed by atoms with Crippen LogP contribution in [0.1, 0.15) is 18.4 Å². The molecule has 104 valence electrons. The normalized spacial score (nSPS) is 23.1. The van der Waals surface area contributed by atoms with Crippen molar-refractivity contribution in [1.29, 1.82) is 0 Å². The van der Waals surface area contributed by atoms with Crippen LogP contribution in [0.25, 0.3) is 0 Å². The van der Waals surface area contributed by atoms with Crippen molar-refractivity contribution in [2.75, 3.05) is 20.2 Å². The van der Waals surface area contributed by atoms with Crippen LogP contribution in [0.15, 0.2) is 18.2 Å². The number of amides is 1. The summed E-state index contributed by atoms with van der Waals surface area (Å²) in [5.41, 5.74) is 6.46. The van der Waals surface area contributed by atoms with Gasteiger partial charge in [-0.05, 0) is 18.2 Å². The number of carbonyl (C=O) groups excluding carboxylic acids is 1. The van der Waals surface area contributed by atoms with Crippen molar-refractivity contribution in [3.63, 3.8) is 0 Å². The third-order valence-electron chi connectivity index (χ3n) is 3.78. The average Bonchev–Trinajstić information content (AvgIpc) is 2.39. The van der Waals surface area contributed by atoms with E-state index in [1.165, 1.54) is 4.90 Å². The second-order valence-electron chi connectivity index (χ2n) is 5.06. The number of quaternary nitrogens is 1. The molecule has 0 atom stereocenters. The first kappa shape index (κ1) is 14.2. The molecule has 1 aliphatic heterocycles. The number of carbonyl (C=O) groups is 1. The van der Waals surface area contributed by atoms with Crippen LogP contribution in [0.3, 0.4) is 0 Å². The SMILES string of the molecule is COc1ccc(Cl)cc1C[NH+]1CCC(C(N)=O)CC1. The number of primary amides is 1. The summed E-state index contributed by atoms with van der Waals surface area (Å²) < 4.78 is 5.36. The monoisotopic (exact) mass is 283 g/mol. The lowest BCUT2D eigenvalue weighted by Gasteiger charge is -2.28. The summed E-state index contributed by atoms with van der Waals surface area (Å²) in [6, 6.07) is 5.68. The van der Waals surface area contributed by atoms with E-state index < -0.39 is 0 Å². The molecule has 1 aromatic rings. The van der Waals surface area contributed by atoms with Gasteiger partial charge in [-0.2, -0.15) is 0 Å². The van der Waals surface area contributed by atoms with Gasteiger partial charge in [0.1, 0.15) is 12.3 Å². The van der Waals surface area contributed by atoms with Gasteiger partial charge in [0.25, 0.3) is 0 Å². The molecule has 0 radical (unpaired) electrons. The first-order chi connectivity index (χ1) is 9.10. The number of likely N-dealkylation sites (tertiary alicyclic amines) is 1. The molecule has 1 aliphatic rings. The van der Waals surface area contributed by atoms with Gasteiger partial charge in [0, 0.05) is 29.3 Å². The maximum atomic E-state index is 11.1. The molecule has 1 fully saturated rings. The first-order valence-corrected chi connectivity index (χ1v) is 6.93. The lowest BCUT2D eigenvalue weighted by molar-refractivity contribution is -0.919. The summed E-state index contributed by atoms with van der Waals surface area (Å²) in [6.45, 7) is 2.79. The Balaban J connectivity index is 1.99. The Labute approximate surface area is 118 Å². The van der Waals surface area contributed by atoms with Gasteiger partial charge in [-0.1, -0.05) is 11.6 Å². The molecular formula is C14H20ClN2O2+. The zero-order valence-corrected chi connectivity index (χ0v) is 11.9. The Morgan fingerprint density at radius 3 is 2.74 bits per heavy atom. The van der Waals surface area contributed by atoms with Crippen molar-refractivity contribution in [2.24, 2.45) is 11.7 Å². The van der Waals surface area contributed by atoms with E-state index in [2.05, 4.69) is 0 Å². The Kier molecular flexibility index (Phi) is 4.66. The fourth-order valence-electron chi connectivity index (χ4n) is 2.64. The van der Waals surface area contributed by atoms with Crippen molar-refractivity contribution in [3.8, 4) is 5.75 Å². The average molecular weight is 284 g/mol. The molecule has 4 nitrogen and oxygen atoms in total. The second kappa shape index (κ2) is 6.26. The number of benzene rings is 1. The van der Waals surface area contributed by atoms with E-state index in [0.29, 0.717) is 0 Å². The van der Waals surface area contributed by atoms with Crippen LogP contribution in [0.4, 0.5) is 0 Å². The van der Waals surface area contributed by atoms with Crippen molar-refractivity contribution in [2.45, 2.75) is 19.4 Å². The van der Waals surface area contributed by atoms with Gasteiger partial charge in [-0.15, -0.1) is 0 Å². The maximum absolute atomic E-state index is 11.1. The van der Waals surface area contributed by atoms with E-state index >= 15 is 0 Å². The van der Waals surface area contributed by atoms with Crippen molar-refractivity contribution < 1.29 is 14.4 Å². The van der Waals surface area contributed by atoms with Gasteiger partial charge >= 0.3 is 0 Å². The van der Waals surface area contributed by atoms with Crippen LogP contribution in [0, 0.1) is 5.92 Å². The lowest BCUT2D eigenvalue weighted by atomic mass is 9.96. The summed E-state index contributed by atoms with van der Waals surface area (Å²) >= 11 is 6.03. The Bertz CT molecular complexity index is 457. The molecule has 3 N–H and O–H groups in total. The summed E-state index contributed by atoms with van der Waals surface area (Å²) in [7, 11) is 1.67. The minimum absolute atomic E-state index is 0.0463. The number of halogens is 1. The maximum Gasteiger partial charge on any atom is 0.220 e. The Morgan fingerprint density at radius 2 is 2.16 bits per heavy atom. The summed E-state index contributed by atoms with van der Waals surface area (Å²) in [5, 5.41) is 0.724. The molecule has 0 unspecified atom stereocenters. The number of hydrogen-bond donors (Lipinski definition) is 2. The fourth-order valence-corrected chi connectivity index (χ4v) is 2.84. The molecule has 1 heterocycles. The van der Waals surface area contributed by atoms with Gasteiger partial charge < -0.3 is 15.4 Å². The van der Waals surface area contributed by atoms with E-state index in [1.54, 1.807) is 7.11 Å². The first-order valence-electron chi connectivity index (χ1n) is 6.55. The molecule has 5 heteroatoms. The second-order valence-corrected chi connectivity index (χ2v) is 5.50. The number of hydrogen-bond acceptors (Lipinski definition) is 2. The van der Waals surface area contributed by atoms with Gasteiger partial charge in [0.05, 0.1) is 20.2 Å². The number of piperidine rings is 1. The van der Waals surface area contributed by atoms with Crippen molar-refractivity contribution in [1.82, 2.24) is 0 Å². The minimum Gasteiger partial charge on any atom is -0.496 e. The highest BCUT2D eigenvalue weighted by molar-refractivity contribution is 6.30. The van der Waals surface area contributed by atoms with Crippen molar-refractivity contribution in [3.05, 3.63) is 28.8 Å². The molecule has 0 spiro atoms. The van der Waals surface area contributed by atoms with Crippen LogP contribution in [-0.4, -0.2) is 26.1 Å². The Morgan fingerprint density at radius 1 is 1.47 bits per heavy atom. The highest BCUT2D eigenvalue weighted by Crippen LogP contribution is 2.22. The van der Waals surface area contributed by atoms with Gasteiger partial charge in [-0.25, -0.2) is 0 Å². The predicted octanol–water partition coefficient (Wildman–Crippen LogP) is 0.629. The third kappa shape index (κ3) is 3.61. The zero-order valence-electron chi connectivity index (χ0n) is 11.1. The lowest BCUT2D eigenvalue weighted by Crippen LogP contribution is -3.11. The predicted molar refractivity (Wildman–Crippen MR) is 74.3 cm³/mol. The van der Waals surface area contributed by atoms with Gasteiger partial charge in [0.2, 0.25) is 5.91 Å². The van der Waals surface area contributed by atoms with E-state index in [4.69, 9.17) is 22.1 Å². The van der Waals surface area contributed by atoms with Crippen LogP contribution in [-0.2, 0) is 11.3 Å². The molecule has 1 aromatic carbocycles. The number of methoxy groups -OCH3 is 1. The number of nitrogens with one attached hydrogen (secondary N) is 1. The molecule has 2 rings (SSSR count). The standard InChI is InChI=1S/C14H19ClN2O2/c1-19-13-3-2-12(15)8-11(13)9-17-6-4-10(5-7-17)14(16)18/h2-3,8,10H,4-7,9H2,1H3,(H2,16,18)/p+1. The highest BCUT2D eigenvalue weighted by atomic mass is 35.5. The highest BCUT2D eigenvalue weighted by Gasteiger charge is 2.26. The molecule has 0 saturated carbocycles. The molecule has 0 bridgehead atoms. The van der Waals surface area contributed by atoms with E-state index in [9.17, 15) is 4.79 Å².